The molecule has 0 aromatic heterocycles. The van der Waals surface area contributed by atoms with Gasteiger partial charge in [0.05, 0.1) is 25.5 Å². The molecule has 0 amide bonds. The zero-order valence-electron chi connectivity index (χ0n) is 17.6. The number of phosphoric ester groups is 1. The number of nitrogens with two attached hydrogens (primary N) is 1. The highest BCUT2D eigenvalue weighted by Crippen LogP contribution is 2.43. The predicted octanol–water partition coefficient (Wildman–Crippen LogP) is 3.17. The number of anilines is 1. The number of methoxy groups -OCH3 is 2. The first kappa shape index (κ1) is 22.8. The van der Waals surface area contributed by atoms with Crippen LogP contribution in [0.2, 0.25) is 0 Å². The van der Waals surface area contributed by atoms with Gasteiger partial charge in [-0.25, -0.2) is 9.09 Å². The number of phosphoric acid groups is 1. The average molecular weight is 449 g/mol. The van der Waals surface area contributed by atoms with Gasteiger partial charge < -0.3 is 29.7 Å². The lowest BCUT2D eigenvalue weighted by Gasteiger charge is -2.13. The van der Waals surface area contributed by atoms with Crippen LogP contribution in [-0.2, 0) is 15.5 Å². The number of aryl methyl sites for hydroxylation is 2. The third kappa shape index (κ3) is 4.75. The number of hydrogen-bond acceptors (Lipinski definition) is 7. The summed E-state index contributed by atoms with van der Waals surface area (Å²) in [6.07, 6.45) is 2.20. The minimum Gasteiger partial charge on any atom is -0.493 e. The third-order valence-electron chi connectivity index (χ3n) is 4.94. The Morgan fingerprint density at radius 1 is 1.10 bits per heavy atom. The quantitative estimate of drug-likeness (QED) is 0.252. The molecule has 31 heavy (non-hydrogen) atoms. The Labute approximate surface area is 179 Å². The Morgan fingerprint density at radius 2 is 1.74 bits per heavy atom. The van der Waals surface area contributed by atoms with Gasteiger partial charge in [-0.05, 0) is 60.4 Å². The lowest BCUT2D eigenvalue weighted by molar-refractivity contribution is 0.0818. The fourth-order valence-electron chi connectivity index (χ4n) is 3.70. The normalized spacial score (nSPS) is 14.6. The molecule has 0 unspecified atom stereocenters. The second-order valence-corrected chi connectivity index (χ2v) is 8.34. The van der Waals surface area contributed by atoms with E-state index < -0.39 is 14.6 Å². The number of benzene rings is 2. The minimum absolute atomic E-state index is 0.167. The van der Waals surface area contributed by atoms with E-state index in [1.54, 1.807) is 26.0 Å². The molecule has 0 spiro atoms. The zero-order valence-corrected chi connectivity index (χ0v) is 18.5. The second-order valence-electron chi connectivity index (χ2n) is 7.10. The molecule has 0 heterocycles. The van der Waals surface area contributed by atoms with Gasteiger partial charge in [-0.2, -0.15) is 0 Å². The molecule has 2 aromatic carbocycles. The number of carbonyl (C=O) groups excluding carboxylic acids is 1. The monoisotopic (exact) mass is 449 g/mol. The highest BCUT2D eigenvalue weighted by atomic mass is 31.2. The van der Waals surface area contributed by atoms with Crippen molar-refractivity contribution < 1.29 is 37.9 Å². The Kier molecular flexibility index (Phi) is 6.43. The van der Waals surface area contributed by atoms with Crippen LogP contribution in [0.5, 0.6) is 17.2 Å². The van der Waals surface area contributed by atoms with Crippen molar-refractivity contribution in [3.63, 3.8) is 0 Å². The molecule has 0 saturated carbocycles. The summed E-state index contributed by atoms with van der Waals surface area (Å²) in [6, 6.07) is 5.39. The lowest BCUT2D eigenvalue weighted by Crippen LogP contribution is -2.05. The van der Waals surface area contributed by atoms with Gasteiger partial charge in [0.2, 0.25) is 0 Å². The Hall–Kier alpha value is -2.84. The number of fused-ring (bicyclic) bond motifs is 1. The van der Waals surface area contributed by atoms with Gasteiger partial charge in [-0.1, -0.05) is 0 Å². The molecular weight excluding hydrogens is 425 g/mol. The van der Waals surface area contributed by atoms with Gasteiger partial charge in [0.1, 0.15) is 5.75 Å². The second kappa shape index (κ2) is 8.72. The molecule has 1 aliphatic rings. The number of ketones is 1. The van der Waals surface area contributed by atoms with Crippen molar-refractivity contribution >= 4 is 25.4 Å². The van der Waals surface area contributed by atoms with Gasteiger partial charge in [-0.15, -0.1) is 0 Å². The van der Waals surface area contributed by atoms with E-state index in [9.17, 15) is 9.36 Å². The van der Waals surface area contributed by atoms with Crippen LogP contribution in [0.15, 0.2) is 23.8 Å². The Bertz CT molecular complexity index is 1100. The van der Waals surface area contributed by atoms with Crippen molar-refractivity contribution in [2.24, 2.45) is 0 Å². The van der Waals surface area contributed by atoms with E-state index in [1.807, 2.05) is 12.1 Å². The average Bonchev–Trinajstić information content (AvgIpc) is 2.98. The molecule has 0 saturated heterocycles. The molecule has 3 rings (SSSR count). The topological polar surface area (TPSA) is 138 Å². The van der Waals surface area contributed by atoms with Crippen molar-refractivity contribution in [2.75, 3.05) is 26.7 Å². The van der Waals surface area contributed by atoms with Crippen LogP contribution >= 0.6 is 7.82 Å². The first-order valence-electron chi connectivity index (χ1n) is 9.28. The van der Waals surface area contributed by atoms with Gasteiger partial charge in [-0.3, -0.25) is 4.79 Å². The van der Waals surface area contributed by atoms with Crippen molar-refractivity contribution in [3.8, 4) is 17.2 Å². The third-order valence-corrected chi connectivity index (χ3v) is 5.38. The molecule has 0 atom stereocenters. The van der Waals surface area contributed by atoms with Crippen molar-refractivity contribution in [2.45, 2.75) is 20.3 Å². The van der Waals surface area contributed by atoms with Crippen LogP contribution in [0, 0.1) is 13.8 Å². The number of allylic oxidation sites excluding steroid dienone is 1. The van der Waals surface area contributed by atoms with Crippen molar-refractivity contribution in [3.05, 3.63) is 51.6 Å². The number of hydrogen-bond donors (Lipinski definition) is 3. The van der Waals surface area contributed by atoms with Gasteiger partial charge in [0.15, 0.2) is 24.1 Å². The summed E-state index contributed by atoms with van der Waals surface area (Å²) in [5.41, 5.74) is 10.4. The van der Waals surface area contributed by atoms with E-state index >= 15 is 0 Å². The number of rotatable bonds is 7. The summed E-state index contributed by atoms with van der Waals surface area (Å²) in [6.45, 7) is 3.00. The molecule has 0 radical (unpaired) electrons. The van der Waals surface area contributed by atoms with Crippen LogP contribution in [0.25, 0.3) is 6.08 Å². The van der Waals surface area contributed by atoms with Crippen LogP contribution in [0.4, 0.5) is 5.69 Å². The molecule has 4 N–H and O–H groups in total. The molecule has 2 aromatic rings. The molecule has 0 fully saturated rings. The fourth-order valence-corrected chi connectivity index (χ4v) is 3.89. The van der Waals surface area contributed by atoms with Crippen molar-refractivity contribution in [1.82, 2.24) is 0 Å². The lowest BCUT2D eigenvalue weighted by atomic mass is 10.0. The van der Waals surface area contributed by atoms with Gasteiger partial charge in [0.25, 0.3) is 0 Å². The number of carbonyl (C=O) groups is 1. The summed E-state index contributed by atoms with van der Waals surface area (Å²) < 4.78 is 31.1. The maximum Gasteiger partial charge on any atom is 0.472 e. The highest BCUT2D eigenvalue weighted by molar-refractivity contribution is 7.46. The van der Waals surface area contributed by atoms with Crippen LogP contribution in [-0.4, -0.2) is 36.6 Å². The Morgan fingerprint density at radius 3 is 2.29 bits per heavy atom. The van der Waals surface area contributed by atoms with Crippen LogP contribution < -0.4 is 19.9 Å². The van der Waals surface area contributed by atoms with E-state index in [0.29, 0.717) is 34.8 Å². The minimum atomic E-state index is -4.61. The van der Waals surface area contributed by atoms with E-state index in [2.05, 4.69) is 4.52 Å². The SMILES string of the molecule is COc1cc2c(c(N)c1OC)C(=O)/C(=C/c1cc(C)c(OCOP(=O)(O)O)c(C)c1)C2. The van der Waals surface area contributed by atoms with Crippen LogP contribution in [0.1, 0.15) is 32.6 Å². The summed E-state index contributed by atoms with van der Waals surface area (Å²) in [5, 5.41) is 0. The molecule has 0 bridgehead atoms. The molecule has 0 aliphatic heterocycles. The first-order chi connectivity index (χ1) is 14.6. The molecule has 10 heteroatoms. The van der Waals surface area contributed by atoms with E-state index in [-0.39, 0.29) is 11.5 Å². The number of nitrogen functional groups attached to an aromatic ring is 1. The van der Waals surface area contributed by atoms with Gasteiger partial charge >= 0.3 is 7.82 Å². The van der Waals surface area contributed by atoms with Gasteiger partial charge in [0, 0.05) is 12.0 Å². The summed E-state index contributed by atoms with van der Waals surface area (Å²) in [5.74, 6) is 1.09. The highest BCUT2D eigenvalue weighted by Gasteiger charge is 2.31. The maximum atomic E-state index is 13.0. The predicted molar refractivity (Wildman–Crippen MR) is 115 cm³/mol. The van der Waals surface area contributed by atoms with Crippen molar-refractivity contribution in [1.29, 1.82) is 0 Å². The summed E-state index contributed by atoms with van der Waals surface area (Å²) in [4.78, 5) is 30.5. The summed E-state index contributed by atoms with van der Waals surface area (Å²) >= 11 is 0. The summed E-state index contributed by atoms with van der Waals surface area (Å²) in [7, 11) is -1.63. The largest absolute Gasteiger partial charge is 0.493 e. The standard InChI is InChI=1S/C21H24NO8P/c1-11-5-13(6-12(2)20(11)29-10-30-31(24,25)26)7-15-8-14-9-16(27-3)21(28-4)18(22)17(14)19(15)23/h5-7,9H,8,10,22H2,1-4H3,(H2,24,25,26)/b15-7+. The molecular formula is C21H24NO8P. The smallest absolute Gasteiger partial charge is 0.472 e. The molecule has 9 nitrogen and oxygen atoms in total. The van der Waals surface area contributed by atoms with E-state index in [0.717, 1.165) is 22.3 Å². The van der Waals surface area contributed by atoms with E-state index in [1.165, 1.54) is 14.2 Å². The number of ether oxygens (including phenoxy) is 3. The first-order valence-corrected chi connectivity index (χ1v) is 10.8. The Balaban J connectivity index is 1.89. The fraction of sp³-hybridized carbons (Fsp3) is 0.286. The van der Waals surface area contributed by atoms with Crippen LogP contribution in [0.3, 0.4) is 0 Å². The zero-order chi connectivity index (χ0) is 22.9. The maximum absolute atomic E-state index is 13.0. The van der Waals surface area contributed by atoms with E-state index in [4.69, 9.17) is 29.7 Å². The number of Topliss-reactive ketones (excluding diaryl/α,β-unsaturated/α-hetero) is 1. The molecule has 1 aliphatic carbocycles. The molecule has 166 valence electrons.